The molecule has 0 aliphatic rings. The van der Waals surface area contributed by atoms with Crippen LogP contribution < -0.4 is 5.23 Å². The number of nitrogens with one attached hydrogen (secondary N) is 1. The molecule has 5 nitrogen and oxygen atoms in total. The highest BCUT2D eigenvalue weighted by Crippen LogP contribution is 2.15. The van der Waals surface area contributed by atoms with Crippen LogP contribution in [0.5, 0.6) is 0 Å². The molecule has 80 valence electrons. The van der Waals surface area contributed by atoms with Gasteiger partial charge in [0, 0.05) is 11.6 Å². The molecule has 1 aromatic carbocycles. The molecule has 1 unspecified atom stereocenters. The van der Waals surface area contributed by atoms with Crippen LogP contribution >= 0.6 is 0 Å². The fourth-order valence-corrected chi connectivity index (χ4v) is 1.25. The van der Waals surface area contributed by atoms with E-state index in [1.165, 1.54) is 32.0 Å². The second-order valence-electron chi connectivity index (χ2n) is 3.18. The minimum absolute atomic E-state index is 0.118. The summed E-state index contributed by atoms with van der Waals surface area (Å²) in [6, 6.07) is 4.04. The highest BCUT2D eigenvalue weighted by molar-refractivity contribution is 6.01. The van der Waals surface area contributed by atoms with Gasteiger partial charge in [0.05, 0.1) is 5.56 Å². The second-order valence-corrected chi connectivity index (χ2v) is 3.18. The number of Topliss-reactive ketones (excluding diaryl/α,β-unsaturated/α-hetero) is 2. The topological polar surface area (TPSA) is 81.9 Å². The highest BCUT2D eigenvalue weighted by atomic mass is 16.8. The third-order valence-corrected chi connectivity index (χ3v) is 2.04. The average molecular weight is 209 g/mol. The van der Waals surface area contributed by atoms with Gasteiger partial charge in [0.1, 0.15) is 0 Å². The number of carbonyl (C=O) groups excluding carboxylic acids is 2. The molecule has 5 heteroatoms. The molecule has 1 rings (SSSR count). The maximum Gasteiger partial charge on any atom is 0.175 e. The van der Waals surface area contributed by atoms with E-state index in [-0.39, 0.29) is 28.4 Å². The average Bonchev–Trinajstić information content (AvgIpc) is 2.16. The first-order valence-corrected chi connectivity index (χ1v) is 4.32. The first kappa shape index (κ1) is 11.5. The number of carbonyl (C=O) groups is 2. The molecule has 0 radical (unpaired) electrons. The van der Waals surface area contributed by atoms with Crippen molar-refractivity contribution in [3.8, 4) is 0 Å². The van der Waals surface area contributed by atoms with Crippen molar-refractivity contribution in [3.05, 3.63) is 34.5 Å². The van der Waals surface area contributed by atoms with Crippen molar-refractivity contribution >= 4 is 17.3 Å². The summed E-state index contributed by atoms with van der Waals surface area (Å²) in [5, 5.41) is 18.5. The molecular formula is C10H11NO4. The first-order chi connectivity index (χ1) is 6.93. The van der Waals surface area contributed by atoms with Crippen LogP contribution in [0.1, 0.15) is 34.6 Å². The maximum absolute atomic E-state index is 11.1. The summed E-state index contributed by atoms with van der Waals surface area (Å²) >= 11 is 0. The van der Waals surface area contributed by atoms with E-state index in [9.17, 15) is 14.8 Å². The van der Waals surface area contributed by atoms with Crippen molar-refractivity contribution < 1.29 is 20.0 Å². The molecule has 0 spiro atoms. The van der Waals surface area contributed by atoms with Gasteiger partial charge in [0.25, 0.3) is 0 Å². The smallest absolute Gasteiger partial charge is 0.175 e. The van der Waals surface area contributed by atoms with E-state index in [2.05, 4.69) is 0 Å². The summed E-state index contributed by atoms with van der Waals surface area (Å²) in [5.41, 5.74) is 0.278. The van der Waals surface area contributed by atoms with E-state index < -0.39 is 5.23 Å². The van der Waals surface area contributed by atoms with Crippen LogP contribution in [0, 0.1) is 5.21 Å². The molecule has 0 fully saturated rings. The van der Waals surface area contributed by atoms with Crippen LogP contribution in [-0.2, 0) is 0 Å². The van der Waals surface area contributed by atoms with Gasteiger partial charge in [-0.15, -0.1) is 0 Å². The Labute approximate surface area is 86.5 Å². The Bertz CT molecular complexity index is 412. The zero-order chi connectivity index (χ0) is 11.6. The number of rotatable bonds is 3. The van der Waals surface area contributed by atoms with E-state index in [1.54, 1.807) is 0 Å². The zero-order valence-corrected chi connectivity index (χ0v) is 8.40. The SMILES string of the molecule is CC(=O)c1ccc(C(C)=O)c([NH+]([O-])O)c1. The fraction of sp³-hybridized carbons (Fsp3) is 0.200. The molecule has 0 amide bonds. The summed E-state index contributed by atoms with van der Waals surface area (Å²) in [7, 11) is 0. The molecule has 0 saturated heterocycles. The minimum atomic E-state index is -1.21. The van der Waals surface area contributed by atoms with E-state index in [4.69, 9.17) is 5.21 Å². The molecule has 0 saturated carbocycles. The molecule has 0 heterocycles. The molecule has 1 aromatic rings. The van der Waals surface area contributed by atoms with Gasteiger partial charge in [-0.3, -0.25) is 9.59 Å². The van der Waals surface area contributed by atoms with Crippen LogP contribution in [0.25, 0.3) is 0 Å². The van der Waals surface area contributed by atoms with E-state index in [0.717, 1.165) is 0 Å². The van der Waals surface area contributed by atoms with Crippen molar-refractivity contribution in [2.75, 3.05) is 0 Å². The Morgan fingerprint density at radius 3 is 2.27 bits per heavy atom. The van der Waals surface area contributed by atoms with Gasteiger partial charge in [-0.1, -0.05) is 6.07 Å². The van der Waals surface area contributed by atoms with Gasteiger partial charge in [-0.05, 0) is 19.9 Å². The zero-order valence-electron chi connectivity index (χ0n) is 8.40. The van der Waals surface area contributed by atoms with Crippen LogP contribution in [-0.4, -0.2) is 16.8 Å². The molecule has 0 aliphatic carbocycles. The van der Waals surface area contributed by atoms with Gasteiger partial charge in [-0.2, -0.15) is 5.23 Å². The largest absolute Gasteiger partial charge is 0.595 e. The normalized spacial score (nSPS) is 12.3. The lowest BCUT2D eigenvalue weighted by Gasteiger charge is -2.14. The van der Waals surface area contributed by atoms with Gasteiger partial charge >= 0.3 is 0 Å². The molecule has 2 N–H and O–H groups in total. The lowest BCUT2D eigenvalue weighted by Crippen LogP contribution is -2.99. The highest BCUT2D eigenvalue weighted by Gasteiger charge is 2.15. The van der Waals surface area contributed by atoms with Gasteiger partial charge in [-0.25, -0.2) is 5.21 Å². The quantitative estimate of drug-likeness (QED) is 0.560. The van der Waals surface area contributed by atoms with Crippen LogP contribution in [0.4, 0.5) is 5.69 Å². The van der Waals surface area contributed by atoms with Crippen LogP contribution in [0.2, 0.25) is 0 Å². The summed E-state index contributed by atoms with van der Waals surface area (Å²) in [6.07, 6.45) is 0. The molecular weight excluding hydrogens is 198 g/mol. The molecule has 0 aliphatic heterocycles. The third-order valence-electron chi connectivity index (χ3n) is 2.04. The monoisotopic (exact) mass is 209 g/mol. The second kappa shape index (κ2) is 4.31. The lowest BCUT2D eigenvalue weighted by atomic mass is 10.0. The Morgan fingerprint density at radius 2 is 1.87 bits per heavy atom. The number of quaternary nitrogens is 1. The lowest BCUT2D eigenvalue weighted by molar-refractivity contribution is -0.991. The molecule has 1 atom stereocenters. The standard InChI is InChI=1S/C10H11NO4/c1-6(12)8-3-4-9(7(2)13)10(5-8)11(14)15/h3-5,11,14H,1-2H3. The first-order valence-electron chi connectivity index (χ1n) is 4.32. The van der Waals surface area contributed by atoms with Crippen molar-refractivity contribution in [3.63, 3.8) is 0 Å². The fourth-order valence-electron chi connectivity index (χ4n) is 1.25. The Morgan fingerprint density at radius 1 is 1.27 bits per heavy atom. The minimum Gasteiger partial charge on any atom is -0.595 e. The van der Waals surface area contributed by atoms with Crippen molar-refractivity contribution in [2.24, 2.45) is 0 Å². The Hall–Kier alpha value is -1.56. The molecule has 0 bridgehead atoms. The predicted octanol–water partition coefficient (Wildman–Crippen LogP) is 0.495. The molecule has 0 aromatic heterocycles. The van der Waals surface area contributed by atoms with Crippen molar-refractivity contribution in [2.45, 2.75) is 13.8 Å². The third kappa shape index (κ3) is 2.47. The van der Waals surface area contributed by atoms with Gasteiger partial charge < -0.3 is 5.21 Å². The summed E-state index contributed by atoms with van der Waals surface area (Å²) in [4.78, 5) is 22.1. The van der Waals surface area contributed by atoms with Crippen molar-refractivity contribution in [1.82, 2.24) is 0 Å². The Balaban J connectivity index is 3.33. The van der Waals surface area contributed by atoms with Gasteiger partial charge in [0.15, 0.2) is 17.3 Å². The summed E-state index contributed by atoms with van der Waals surface area (Å²) in [5.74, 6) is -0.560. The van der Waals surface area contributed by atoms with Crippen LogP contribution in [0.3, 0.4) is 0 Å². The number of hydrogen-bond donors (Lipinski definition) is 2. The molecule has 15 heavy (non-hydrogen) atoms. The Kier molecular flexibility index (Phi) is 3.31. The number of benzene rings is 1. The van der Waals surface area contributed by atoms with E-state index >= 15 is 0 Å². The number of ketones is 2. The summed E-state index contributed by atoms with van der Waals surface area (Å²) < 4.78 is 0. The van der Waals surface area contributed by atoms with E-state index in [0.29, 0.717) is 0 Å². The van der Waals surface area contributed by atoms with E-state index in [1.807, 2.05) is 0 Å². The summed E-state index contributed by atoms with van der Waals surface area (Å²) in [6.45, 7) is 2.63. The van der Waals surface area contributed by atoms with Crippen LogP contribution in [0.15, 0.2) is 18.2 Å². The maximum atomic E-state index is 11.1. The van der Waals surface area contributed by atoms with Gasteiger partial charge in [0.2, 0.25) is 0 Å². The van der Waals surface area contributed by atoms with Crippen molar-refractivity contribution in [1.29, 1.82) is 0 Å². The predicted molar refractivity (Wildman–Crippen MR) is 52.2 cm³/mol. The number of hydrogen-bond acceptors (Lipinski definition) is 4.